The molecule has 124 valence electrons. The second-order valence-corrected chi connectivity index (χ2v) is 6.10. The fourth-order valence-electron chi connectivity index (χ4n) is 2.00. The number of nitrogens with one attached hydrogen (secondary N) is 1. The molecule has 1 amide bonds. The van der Waals surface area contributed by atoms with Gasteiger partial charge in [0.15, 0.2) is 5.54 Å². The average molecular weight is 320 g/mol. The standard InChI is InChI=1S/C16H20N2O5/c1-15(2,12-17-16(3,10-23-12)13(19)20)18-14(21)22-9-11-7-5-4-6-8-11/h4-8H,9-10H2,1-3H3,(H,18,21)(H,19,20). The third kappa shape index (κ3) is 4.00. The number of ether oxygens (including phenoxy) is 2. The monoisotopic (exact) mass is 320 g/mol. The van der Waals surface area contributed by atoms with Crippen LogP contribution >= 0.6 is 0 Å². The Labute approximate surface area is 134 Å². The molecule has 1 aromatic carbocycles. The molecule has 2 N–H and O–H groups in total. The van der Waals surface area contributed by atoms with E-state index in [4.69, 9.17) is 14.6 Å². The topological polar surface area (TPSA) is 97.2 Å². The molecule has 1 heterocycles. The molecule has 0 saturated carbocycles. The van der Waals surface area contributed by atoms with Crippen molar-refractivity contribution in [1.82, 2.24) is 5.32 Å². The van der Waals surface area contributed by atoms with Crippen LogP contribution in [0.4, 0.5) is 4.79 Å². The Balaban J connectivity index is 1.95. The average Bonchev–Trinajstić information content (AvgIpc) is 2.91. The summed E-state index contributed by atoms with van der Waals surface area (Å²) in [5.74, 6) is -0.908. The molecule has 0 saturated heterocycles. The van der Waals surface area contributed by atoms with Gasteiger partial charge in [-0.2, -0.15) is 0 Å². The molecule has 2 rings (SSSR count). The van der Waals surface area contributed by atoms with Crippen LogP contribution in [0.5, 0.6) is 0 Å². The molecule has 23 heavy (non-hydrogen) atoms. The van der Waals surface area contributed by atoms with Gasteiger partial charge in [0.1, 0.15) is 18.8 Å². The van der Waals surface area contributed by atoms with Gasteiger partial charge in [-0.1, -0.05) is 30.3 Å². The number of carbonyl (C=O) groups excluding carboxylic acids is 1. The van der Waals surface area contributed by atoms with E-state index in [1.807, 2.05) is 30.3 Å². The van der Waals surface area contributed by atoms with Crippen LogP contribution < -0.4 is 5.32 Å². The Morgan fingerprint density at radius 3 is 2.61 bits per heavy atom. The second-order valence-electron chi connectivity index (χ2n) is 6.10. The van der Waals surface area contributed by atoms with Crippen molar-refractivity contribution in [1.29, 1.82) is 0 Å². The summed E-state index contributed by atoms with van der Waals surface area (Å²) in [6, 6.07) is 9.28. The van der Waals surface area contributed by atoms with E-state index in [-0.39, 0.29) is 19.1 Å². The predicted molar refractivity (Wildman–Crippen MR) is 83.3 cm³/mol. The fraction of sp³-hybridized carbons (Fsp3) is 0.438. The largest absolute Gasteiger partial charge is 0.479 e. The van der Waals surface area contributed by atoms with Crippen molar-refractivity contribution in [3.63, 3.8) is 0 Å². The summed E-state index contributed by atoms with van der Waals surface area (Å²) < 4.78 is 10.5. The van der Waals surface area contributed by atoms with Crippen LogP contribution in [0.1, 0.15) is 26.3 Å². The summed E-state index contributed by atoms with van der Waals surface area (Å²) in [5.41, 5.74) is -1.43. The highest BCUT2D eigenvalue weighted by Crippen LogP contribution is 2.23. The van der Waals surface area contributed by atoms with E-state index in [2.05, 4.69) is 10.3 Å². The molecule has 1 unspecified atom stereocenters. The maximum absolute atomic E-state index is 11.9. The Morgan fingerprint density at radius 2 is 2.04 bits per heavy atom. The first kappa shape index (κ1) is 16.8. The van der Waals surface area contributed by atoms with Gasteiger partial charge in [-0.25, -0.2) is 14.6 Å². The Hall–Kier alpha value is -2.57. The van der Waals surface area contributed by atoms with Crippen LogP contribution in [0.3, 0.4) is 0 Å². The minimum absolute atomic E-state index is 0.0676. The molecule has 0 aromatic heterocycles. The van der Waals surface area contributed by atoms with Crippen LogP contribution in [0, 0.1) is 0 Å². The molecular weight excluding hydrogens is 300 g/mol. The number of hydrogen-bond donors (Lipinski definition) is 2. The molecule has 1 aliphatic heterocycles. The lowest BCUT2D eigenvalue weighted by Crippen LogP contribution is -2.50. The first-order valence-corrected chi connectivity index (χ1v) is 7.18. The van der Waals surface area contributed by atoms with Crippen molar-refractivity contribution in [3.8, 4) is 0 Å². The van der Waals surface area contributed by atoms with E-state index < -0.39 is 23.1 Å². The third-order valence-corrected chi connectivity index (χ3v) is 3.46. The minimum atomic E-state index is -1.33. The highest BCUT2D eigenvalue weighted by atomic mass is 16.5. The zero-order chi connectivity index (χ0) is 17.1. The van der Waals surface area contributed by atoms with Gasteiger partial charge in [-0.05, 0) is 26.3 Å². The number of nitrogens with zero attached hydrogens (tertiary/aromatic N) is 1. The summed E-state index contributed by atoms with van der Waals surface area (Å²) in [5, 5.41) is 11.8. The van der Waals surface area contributed by atoms with Crippen LogP contribution in [0.2, 0.25) is 0 Å². The van der Waals surface area contributed by atoms with Gasteiger partial charge in [0.25, 0.3) is 0 Å². The number of amides is 1. The first-order valence-electron chi connectivity index (χ1n) is 7.18. The quantitative estimate of drug-likeness (QED) is 0.864. The maximum Gasteiger partial charge on any atom is 0.408 e. The van der Waals surface area contributed by atoms with Crippen molar-refractivity contribution < 1.29 is 24.2 Å². The summed E-state index contributed by atoms with van der Waals surface area (Å²) in [7, 11) is 0. The Bertz CT molecular complexity index is 627. The molecular formula is C16H20N2O5. The zero-order valence-electron chi connectivity index (χ0n) is 13.3. The van der Waals surface area contributed by atoms with Crippen LogP contribution in [0.15, 0.2) is 35.3 Å². The van der Waals surface area contributed by atoms with Gasteiger partial charge in [0.2, 0.25) is 5.90 Å². The number of carbonyl (C=O) groups is 2. The van der Waals surface area contributed by atoms with E-state index >= 15 is 0 Å². The molecule has 0 spiro atoms. The zero-order valence-corrected chi connectivity index (χ0v) is 13.3. The van der Waals surface area contributed by atoms with Gasteiger partial charge in [-0.3, -0.25) is 0 Å². The van der Waals surface area contributed by atoms with Gasteiger partial charge in [0, 0.05) is 0 Å². The van der Waals surface area contributed by atoms with Gasteiger partial charge >= 0.3 is 12.1 Å². The lowest BCUT2D eigenvalue weighted by Gasteiger charge is -2.24. The fourth-order valence-corrected chi connectivity index (χ4v) is 2.00. The van der Waals surface area contributed by atoms with Crippen molar-refractivity contribution in [3.05, 3.63) is 35.9 Å². The molecule has 7 nitrogen and oxygen atoms in total. The smallest absolute Gasteiger partial charge is 0.408 e. The van der Waals surface area contributed by atoms with Crippen LogP contribution in [0.25, 0.3) is 0 Å². The highest BCUT2D eigenvalue weighted by Gasteiger charge is 2.44. The number of carboxylic acids is 1. The number of hydrogen-bond acceptors (Lipinski definition) is 5. The van der Waals surface area contributed by atoms with Crippen molar-refractivity contribution in [2.24, 2.45) is 4.99 Å². The number of benzene rings is 1. The number of aliphatic carboxylic acids is 1. The maximum atomic E-state index is 11.9. The van der Waals surface area contributed by atoms with E-state index in [1.54, 1.807) is 13.8 Å². The van der Waals surface area contributed by atoms with E-state index in [0.717, 1.165) is 5.56 Å². The lowest BCUT2D eigenvalue weighted by molar-refractivity contribution is -0.142. The molecule has 0 radical (unpaired) electrons. The summed E-state index contributed by atoms with van der Waals surface area (Å²) >= 11 is 0. The lowest BCUT2D eigenvalue weighted by atomic mass is 10.0. The molecule has 7 heteroatoms. The molecule has 1 atom stereocenters. The first-order chi connectivity index (χ1) is 10.7. The SMILES string of the molecule is CC1(C(=O)O)COC(C(C)(C)NC(=O)OCc2ccccc2)=N1. The molecule has 0 aliphatic carbocycles. The van der Waals surface area contributed by atoms with Crippen molar-refractivity contribution in [2.75, 3.05) is 6.61 Å². The van der Waals surface area contributed by atoms with E-state index in [0.29, 0.717) is 0 Å². The van der Waals surface area contributed by atoms with Crippen LogP contribution in [-0.2, 0) is 20.9 Å². The Kier molecular flexibility index (Phi) is 4.58. The van der Waals surface area contributed by atoms with E-state index in [1.165, 1.54) is 6.92 Å². The molecule has 0 bridgehead atoms. The predicted octanol–water partition coefficient (Wildman–Crippen LogP) is 1.96. The molecule has 0 fully saturated rings. The van der Waals surface area contributed by atoms with Crippen LogP contribution in [-0.4, -0.2) is 40.8 Å². The second kappa shape index (κ2) is 6.28. The molecule has 1 aromatic rings. The number of aliphatic imine (C=N–C) groups is 1. The third-order valence-electron chi connectivity index (χ3n) is 3.46. The van der Waals surface area contributed by atoms with Gasteiger partial charge in [0.05, 0.1) is 0 Å². The summed E-state index contributed by atoms with van der Waals surface area (Å²) in [4.78, 5) is 27.2. The number of alkyl carbamates (subject to hydrolysis) is 1. The summed E-state index contributed by atoms with van der Waals surface area (Å²) in [6.07, 6.45) is -0.630. The van der Waals surface area contributed by atoms with Gasteiger partial charge < -0.3 is 19.9 Å². The van der Waals surface area contributed by atoms with Crippen molar-refractivity contribution in [2.45, 2.75) is 38.5 Å². The Morgan fingerprint density at radius 1 is 1.39 bits per heavy atom. The molecule has 1 aliphatic rings. The van der Waals surface area contributed by atoms with E-state index in [9.17, 15) is 9.59 Å². The summed E-state index contributed by atoms with van der Waals surface area (Å²) in [6.45, 7) is 4.88. The minimum Gasteiger partial charge on any atom is -0.479 e. The van der Waals surface area contributed by atoms with Crippen molar-refractivity contribution >= 4 is 18.0 Å². The normalized spacial score (nSPS) is 20.4. The number of rotatable bonds is 5. The highest BCUT2D eigenvalue weighted by molar-refractivity contribution is 5.94. The van der Waals surface area contributed by atoms with Gasteiger partial charge in [-0.15, -0.1) is 0 Å². The number of carboxylic acid groups (broad SMARTS) is 1.